The van der Waals surface area contributed by atoms with E-state index in [4.69, 9.17) is 4.74 Å². The molecule has 1 N–H and O–H groups in total. The maximum atomic E-state index is 13.6. The molecule has 5 rings (SSSR count). The predicted molar refractivity (Wildman–Crippen MR) is 163 cm³/mol. The number of nitrogens with zero attached hydrogens (tertiary/aromatic N) is 2. The summed E-state index contributed by atoms with van der Waals surface area (Å²) in [7, 11) is 0. The van der Waals surface area contributed by atoms with Gasteiger partial charge < -0.3 is 10.1 Å². The number of hydrogen-bond acceptors (Lipinski definition) is 7. The summed E-state index contributed by atoms with van der Waals surface area (Å²) in [5.41, 5.74) is 6.77. The van der Waals surface area contributed by atoms with Crippen molar-refractivity contribution in [1.82, 2.24) is 9.55 Å². The molecule has 0 aliphatic rings. The van der Waals surface area contributed by atoms with E-state index in [9.17, 15) is 14.4 Å². The van der Waals surface area contributed by atoms with E-state index >= 15 is 0 Å². The molecule has 0 bridgehead atoms. The highest BCUT2D eigenvalue weighted by molar-refractivity contribution is 7.19. The number of thiophene rings is 2. The fourth-order valence-corrected chi connectivity index (χ4v) is 6.59. The van der Waals surface area contributed by atoms with E-state index in [1.165, 1.54) is 39.1 Å². The van der Waals surface area contributed by atoms with Gasteiger partial charge in [-0.3, -0.25) is 14.2 Å². The molecule has 3 aromatic heterocycles. The third kappa shape index (κ3) is 5.22. The third-order valence-corrected chi connectivity index (χ3v) is 8.76. The van der Waals surface area contributed by atoms with E-state index in [2.05, 4.69) is 23.3 Å². The molecule has 0 unspecified atom stereocenters. The number of anilines is 1. The summed E-state index contributed by atoms with van der Waals surface area (Å²) in [6, 6.07) is 13.9. The van der Waals surface area contributed by atoms with Gasteiger partial charge in [0.2, 0.25) is 5.91 Å². The largest absolute Gasteiger partial charge is 0.462 e. The van der Waals surface area contributed by atoms with E-state index < -0.39 is 11.9 Å². The highest BCUT2D eigenvalue weighted by atomic mass is 32.1. The van der Waals surface area contributed by atoms with E-state index in [1.807, 2.05) is 62.5 Å². The fraction of sp³-hybridized carbons (Fsp3) is 0.226. The number of benzene rings is 2. The highest BCUT2D eigenvalue weighted by Crippen LogP contribution is 2.37. The minimum Gasteiger partial charge on any atom is -0.462 e. The second-order valence-electron chi connectivity index (χ2n) is 9.68. The first-order valence-electron chi connectivity index (χ1n) is 12.9. The molecular weight excluding hydrogens is 542 g/mol. The number of esters is 1. The van der Waals surface area contributed by atoms with E-state index in [1.54, 1.807) is 6.92 Å². The fourth-order valence-electron chi connectivity index (χ4n) is 4.62. The minimum atomic E-state index is -0.512. The molecule has 1 amide bonds. The van der Waals surface area contributed by atoms with Crippen LogP contribution in [0, 0.1) is 27.7 Å². The number of carbonyl (C=O) groups excluding carboxylic acids is 2. The number of nitrogens with one attached hydrogen (secondary N) is 1. The Labute approximate surface area is 240 Å². The number of carbonyl (C=O) groups is 2. The molecule has 7 nitrogen and oxygen atoms in total. The average Bonchev–Trinajstić information content (AvgIpc) is 3.49. The van der Waals surface area contributed by atoms with Gasteiger partial charge in [0.05, 0.1) is 18.3 Å². The molecule has 0 saturated heterocycles. The van der Waals surface area contributed by atoms with Gasteiger partial charge in [0.25, 0.3) is 5.56 Å². The van der Waals surface area contributed by atoms with Crippen LogP contribution in [-0.2, 0) is 16.1 Å². The van der Waals surface area contributed by atoms with Gasteiger partial charge in [0.15, 0.2) is 0 Å². The Bertz CT molecular complexity index is 1810. The van der Waals surface area contributed by atoms with Crippen molar-refractivity contribution in [3.05, 3.63) is 91.7 Å². The summed E-state index contributed by atoms with van der Waals surface area (Å²) in [6.45, 7) is 9.77. The van der Waals surface area contributed by atoms with Crippen LogP contribution in [0.4, 0.5) is 5.00 Å². The lowest BCUT2D eigenvalue weighted by Gasteiger charge is -2.10. The Hall–Kier alpha value is -4.08. The quantitative estimate of drug-likeness (QED) is 0.215. The molecule has 0 spiro atoms. The van der Waals surface area contributed by atoms with E-state index in [-0.39, 0.29) is 18.7 Å². The van der Waals surface area contributed by atoms with Gasteiger partial charge in [-0.2, -0.15) is 0 Å². The molecule has 0 aliphatic heterocycles. The molecule has 5 aromatic rings. The van der Waals surface area contributed by atoms with Crippen molar-refractivity contribution < 1.29 is 14.3 Å². The van der Waals surface area contributed by atoms with Crippen molar-refractivity contribution in [1.29, 1.82) is 0 Å². The van der Waals surface area contributed by atoms with Crippen LogP contribution >= 0.6 is 22.7 Å². The maximum absolute atomic E-state index is 13.6. The lowest BCUT2D eigenvalue weighted by molar-refractivity contribution is -0.116. The van der Waals surface area contributed by atoms with Gasteiger partial charge in [-0.1, -0.05) is 48.0 Å². The standard InChI is InChI=1S/C31H29N3O4S2/c1-6-38-31(37)26-23(21-10-7-17(2)8-11-21)15-39-29(26)33-24(35)14-34-16-32-28-27(30(34)36)25(20(5)40-28)22-12-9-18(3)19(4)13-22/h7-13,15-16H,6,14H2,1-5H3,(H,33,35). The van der Waals surface area contributed by atoms with Crippen molar-refractivity contribution in [3.8, 4) is 22.3 Å². The summed E-state index contributed by atoms with van der Waals surface area (Å²) < 4.78 is 6.62. The SMILES string of the molecule is CCOC(=O)c1c(-c2ccc(C)cc2)csc1NC(=O)Cn1cnc2sc(C)c(-c3ccc(C)c(C)c3)c2c1=O. The van der Waals surface area contributed by atoms with Gasteiger partial charge in [-0.25, -0.2) is 9.78 Å². The van der Waals surface area contributed by atoms with Crippen LogP contribution in [-0.4, -0.2) is 28.0 Å². The van der Waals surface area contributed by atoms with Crippen LogP contribution < -0.4 is 10.9 Å². The van der Waals surface area contributed by atoms with Gasteiger partial charge >= 0.3 is 5.97 Å². The predicted octanol–water partition coefficient (Wildman–Crippen LogP) is 6.90. The monoisotopic (exact) mass is 571 g/mol. The lowest BCUT2D eigenvalue weighted by atomic mass is 9.99. The number of ether oxygens (including phenoxy) is 1. The molecule has 2 aromatic carbocycles. The first-order chi connectivity index (χ1) is 19.2. The Balaban J connectivity index is 1.48. The van der Waals surface area contributed by atoms with Crippen LogP contribution in [0.25, 0.3) is 32.5 Å². The summed E-state index contributed by atoms with van der Waals surface area (Å²) >= 11 is 2.71. The number of aryl methyl sites for hydroxylation is 4. The number of rotatable bonds is 7. The summed E-state index contributed by atoms with van der Waals surface area (Å²) in [5.74, 6) is -0.951. The summed E-state index contributed by atoms with van der Waals surface area (Å²) in [4.78, 5) is 45.9. The molecule has 9 heteroatoms. The third-order valence-electron chi connectivity index (χ3n) is 6.85. The second-order valence-corrected chi connectivity index (χ2v) is 11.8. The molecule has 40 heavy (non-hydrogen) atoms. The van der Waals surface area contributed by atoms with Gasteiger partial charge in [0.1, 0.15) is 21.9 Å². The van der Waals surface area contributed by atoms with Gasteiger partial charge in [-0.05, 0) is 56.9 Å². The van der Waals surface area contributed by atoms with Crippen molar-refractivity contribution in [2.75, 3.05) is 11.9 Å². The molecule has 204 valence electrons. The Morgan fingerprint density at radius 1 is 1.00 bits per heavy atom. The maximum Gasteiger partial charge on any atom is 0.341 e. The first-order valence-corrected chi connectivity index (χ1v) is 14.6. The molecular formula is C31H29N3O4S2. The highest BCUT2D eigenvalue weighted by Gasteiger charge is 2.24. The van der Waals surface area contributed by atoms with Crippen molar-refractivity contribution in [2.45, 2.75) is 41.2 Å². The summed E-state index contributed by atoms with van der Waals surface area (Å²) in [6.07, 6.45) is 1.41. The summed E-state index contributed by atoms with van der Waals surface area (Å²) in [5, 5.41) is 5.55. The molecule has 0 saturated carbocycles. The van der Waals surface area contributed by atoms with Crippen LogP contribution in [0.1, 0.15) is 38.8 Å². The minimum absolute atomic E-state index is 0.208. The first kappa shape index (κ1) is 27.5. The van der Waals surface area contributed by atoms with Crippen LogP contribution in [0.15, 0.2) is 59.0 Å². The Morgan fingerprint density at radius 2 is 1.73 bits per heavy atom. The number of aromatic nitrogens is 2. The Morgan fingerprint density at radius 3 is 2.42 bits per heavy atom. The molecule has 3 heterocycles. The molecule has 0 aliphatic carbocycles. The van der Waals surface area contributed by atoms with Crippen LogP contribution in [0.2, 0.25) is 0 Å². The van der Waals surface area contributed by atoms with Crippen molar-refractivity contribution in [3.63, 3.8) is 0 Å². The number of fused-ring (bicyclic) bond motifs is 1. The average molecular weight is 572 g/mol. The zero-order valence-electron chi connectivity index (χ0n) is 23.0. The topological polar surface area (TPSA) is 90.3 Å². The van der Waals surface area contributed by atoms with Crippen LogP contribution in [0.3, 0.4) is 0 Å². The lowest BCUT2D eigenvalue weighted by Crippen LogP contribution is -2.28. The Kier molecular flexibility index (Phi) is 7.69. The molecule has 0 fully saturated rings. The number of hydrogen-bond donors (Lipinski definition) is 1. The zero-order valence-corrected chi connectivity index (χ0v) is 24.6. The van der Waals surface area contributed by atoms with E-state index in [0.717, 1.165) is 32.7 Å². The van der Waals surface area contributed by atoms with Gasteiger partial charge in [0, 0.05) is 21.4 Å². The zero-order chi connectivity index (χ0) is 28.6. The second kappa shape index (κ2) is 11.2. The van der Waals surface area contributed by atoms with Crippen molar-refractivity contribution in [2.24, 2.45) is 0 Å². The normalized spacial score (nSPS) is 11.1. The smallest absolute Gasteiger partial charge is 0.341 e. The molecule has 0 atom stereocenters. The van der Waals surface area contributed by atoms with Crippen molar-refractivity contribution >= 4 is 49.8 Å². The van der Waals surface area contributed by atoms with Crippen LogP contribution in [0.5, 0.6) is 0 Å². The van der Waals surface area contributed by atoms with Gasteiger partial charge in [-0.15, -0.1) is 22.7 Å². The van der Waals surface area contributed by atoms with E-state index in [0.29, 0.717) is 26.3 Å². The number of amides is 1. The molecule has 0 radical (unpaired) electrons.